The summed E-state index contributed by atoms with van der Waals surface area (Å²) in [5.74, 6) is -2.14. The molecule has 0 N–H and O–H groups in total. The second-order valence-electron chi connectivity index (χ2n) is 12.1. The third kappa shape index (κ3) is 4.66. The number of fused-ring (bicyclic) bond motifs is 5. The molecule has 0 saturated heterocycles. The number of esters is 4. The second kappa shape index (κ2) is 10.1. The van der Waals surface area contributed by atoms with E-state index in [1.54, 1.807) is 0 Å². The van der Waals surface area contributed by atoms with Gasteiger partial charge in [0.15, 0.2) is 12.2 Å². The van der Waals surface area contributed by atoms with Gasteiger partial charge < -0.3 is 18.9 Å². The van der Waals surface area contributed by atoms with Crippen molar-refractivity contribution in [3.8, 4) is 0 Å². The molecule has 9 heteroatoms. The molecule has 0 aliphatic heterocycles. The molecule has 0 aromatic carbocycles. The second-order valence-corrected chi connectivity index (χ2v) is 12.1. The van der Waals surface area contributed by atoms with Crippen LogP contribution in [-0.4, -0.2) is 54.1 Å². The lowest BCUT2D eigenvalue weighted by Crippen LogP contribution is -2.63. The van der Waals surface area contributed by atoms with Crippen molar-refractivity contribution in [3.05, 3.63) is 11.6 Å². The number of hydrogen-bond donors (Lipinski definition) is 0. The highest BCUT2D eigenvalue weighted by Crippen LogP contribution is 2.68. The van der Waals surface area contributed by atoms with Gasteiger partial charge in [-0.1, -0.05) is 25.5 Å². The van der Waals surface area contributed by atoms with Crippen LogP contribution in [0.3, 0.4) is 0 Å². The normalized spacial score (nSPS) is 39.4. The van der Waals surface area contributed by atoms with Crippen LogP contribution in [0.2, 0.25) is 0 Å². The number of carbonyl (C=O) groups is 5. The van der Waals surface area contributed by atoms with Gasteiger partial charge in [0.1, 0.15) is 12.2 Å². The predicted molar refractivity (Wildman–Crippen MR) is 134 cm³/mol. The Kier molecular flexibility index (Phi) is 7.53. The molecule has 210 valence electrons. The van der Waals surface area contributed by atoms with Gasteiger partial charge in [-0.2, -0.15) is 0 Å². The van der Waals surface area contributed by atoms with Crippen LogP contribution in [0, 0.1) is 28.6 Å². The van der Waals surface area contributed by atoms with Crippen molar-refractivity contribution < 1.29 is 42.9 Å². The molecule has 8 unspecified atom stereocenters. The lowest BCUT2D eigenvalue weighted by Gasteiger charge is -2.61. The molecule has 4 rings (SSSR count). The summed E-state index contributed by atoms with van der Waals surface area (Å²) in [5.41, 5.74) is -1.31. The Bertz CT molecular complexity index is 1060. The third-order valence-corrected chi connectivity index (χ3v) is 9.92. The Labute approximate surface area is 224 Å². The summed E-state index contributed by atoms with van der Waals surface area (Å²) in [6.45, 7) is 9.04. The molecular weight excluding hydrogens is 492 g/mol. The molecule has 0 bridgehead atoms. The van der Waals surface area contributed by atoms with Crippen LogP contribution in [0.5, 0.6) is 0 Å². The smallest absolute Gasteiger partial charge is 0.303 e. The largest absolute Gasteiger partial charge is 0.462 e. The predicted octanol–water partition coefficient (Wildman–Crippen LogP) is 3.86. The van der Waals surface area contributed by atoms with Crippen molar-refractivity contribution >= 4 is 29.7 Å². The molecule has 9 nitrogen and oxygen atoms in total. The summed E-state index contributed by atoms with van der Waals surface area (Å²) < 4.78 is 22.5. The summed E-state index contributed by atoms with van der Waals surface area (Å²) in [4.78, 5) is 61.5. The van der Waals surface area contributed by atoms with Gasteiger partial charge in [0, 0.05) is 45.4 Å². The standard InChI is InChI=1S/C29H40O9/c1-16(30)35-15-25(34)29(38-19(4)33)12-10-23-22-8-7-20-13-21(36-17(2)31)9-11-27(20,5)26(22)24(37-18(3)32)14-28(23,29)6/h7,21-24,26H,8-15H2,1-6H3. The molecule has 3 saturated carbocycles. The lowest BCUT2D eigenvalue weighted by molar-refractivity contribution is -0.207. The van der Waals surface area contributed by atoms with Crippen molar-refractivity contribution in [2.24, 2.45) is 28.6 Å². The quantitative estimate of drug-likeness (QED) is 0.285. The fraction of sp³-hybridized carbons (Fsp3) is 0.759. The molecule has 8 atom stereocenters. The average Bonchev–Trinajstić information content (AvgIpc) is 3.08. The van der Waals surface area contributed by atoms with Gasteiger partial charge in [0.05, 0.1) is 0 Å². The number of allylic oxidation sites excluding steroid dienone is 1. The van der Waals surface area contributed by atoms with E-state index in [0.717, 1.165) is 19.3 Å². The van der Waals surface area contributed by atoms with Gasteiger partial charge in [-0.3, -0.25) is 24.0 Å². The Hall–Kier alpha value is -2.71. The SMILES string of the molecule is CC(=O)OCC(=O)C1(OC(C)=O)CCC2C3CC=C4CC(OC(C)=O)CCC4(C)C3C(OC(C)=O)CC21C. The zero-order chi connectivity index (χ0) is 28.0. The number of ether oxygens (including phenoxy) is 4. The molecule has 0 heterocycles. The first-order valence-electron chi connectivity index (χ1n) is 13.6. The van der Waals surface area contributed by atoms with Gasteiger partial charge in [0.25, 0.3) is 0 Å². The van der Waals surface area contributed by atoms with Crippen molar-refractivity contribution in [2.45, 2.75) is 104 Å². The first-order chi connectivity index (χ1) is 17.7. The zero-order valence-electron chi connectivity index (χ0n) is 23.3. The molecule has 0 amide bonds. The summed E-state index contributed by atoms with van der Waals surface area (Å²) >= 11 is 0. The van der Waals surface area contributed by atoms with Gasteiger partial charge in [0.2, 0.25) is 5.78 Å². The van der Waals surface area contributed by atoms with Gasteiger partial charge in [-0.25, -0.2) is 0 Å². The van der Waals surface area contributed by atoms with Crippen LogP contribution >= 0.6 is 0 Å². The van der Waals surface area contributed by atoms with Crippen LogP contribution in [0.15, 0.2) is 11.6 Å². The monoisotopic (exact) mass is 532 g/mol. The van der Waals surface area contributed by atoms with Crippen molar-refractivity contribution in [3.63, 3.8) is 0 Å². The van der Waals surface area contributed by atoms with E-state index in [0.29, 0.717) is 25.7 Å². The molecule has 0 aromatic rings. The van der Waals surface area contributed by atoms with E-state index in [-0.39, 0.29) is 35.2 Å². The number of carbonyl (C=O) groups excluding carboxylic acids is 5. The minimum absolute atomic E-state index is 0.0134. The van der Waals surface area contributed by atoms with E-state index in [1.807, 2.05) is 6.92 Å². The minimum Gasteiger partial charge on any atom is -0.462 e. The van der Waals surface area contributed by atoms with Gasteiger partial charge >= 0.3 is 23.9 Å². The summed E-state index contributed by atoms with van der Waals surface area (Å²) in [7, 11) is 0. The highest BCUT2D eigenvalue weighted by molar-refractivity contribution is 5.93. The van der Waals surface area contributed by atoms with Crippen LogP contribution in [-0.2, 0) is 42.9 Å². The molecule has 4 aliphatic rings. The van der Waals surface area contributed by atoms with E-state index in [2.05, 4.69) is 13.0 Å². The number of rotatable bonds is 6. The molecule has 0 aromatic heterocycles. The van der Waals surface area contributed by atoms with Crippen LogP contribution < -0.4 is 0 Å². The van der Waals surface area contributed by atoms with E-state index >= 15 is 0 Å². The van der Waals surface area contributed by atoms with Crippen LogP contribution in [0.1, 0.15) is 86.5 Å². The fourth-order valence-corrected chi connectivity index (χ4v) is 8.58. The van der Waals surface area contributed by atoms with Crippen LogP contribution in [0.4, 0.5) is 0 Å². The minimum atomic E-state index is -1.47. The maximum absolute atomic E-state index is 13.7. The highest BCUT2D eigenvalue weighted by Gasteiger charge is 2.71. The van der Waals surface area contributed by atoms with Crippen molar-refractivity contribution in [2.75, 3.05) is 6.61 Å². The number of Topliss-reactive ketones (excluding diaryl/α,β-unsaturated/α-hetero) is 1. The Balaban J connectivity index is 1.75. The summed E-state index contributed by atoms with van der Waals surface area (Å²) in [6.07, 6.45) is 5.85. The van der Waals surface area contributed by atoms with E-state index in [1.165, 1.54) is 33.3 Å². The average molecular weight is 533 g/mol. The van der Waals surface area contributed by atoms with Gasteiger partial charge in [-0.15, -0.1) is 0 Å². The molecule has 38 heavy (non-hydrogen) atoms. The molecule has 0 radical (unpaired) electrons. The summed E-state index contributed by atoms with van der Waals surface area (Å²) in [6, 6.07) is 0. The number of ketones is 1. The van der Waals surface area contributed by atoms with Crippen LogP contribution in [0.25, 0.3) is 0 Å². The maximum Gasteiger partial charge on any atom is 0.303 e. The molecule has 0 spiro atoms. The Morgan fingerprint density at radius 2 is 1.58 bits per heavy atom. The highest BCUT2D eigenvalue weighted by atomic mass is 16.6. The Morgan fingerprint density at radius 3 is 2.18 bits per heavy atom. The van der Waals surface area contributed by atoms with Crippen molar-refractivity contribution in [1.29, 1.82) is 0 Å². The molecule has 4 aliphatic carbocycles. The van der Waals surface area contributed by atoms with Gasteiger partial charge in [-0.05, 0) is 55.8 Å². The first-order valence-corrected chi connectivity index (χ1v) is 13.6. The summed E-state index contributed by atoms with van der Waals surface area (Å²) in [5, 5.41) is 0. The van der Waals surface area contributed by atoms with Crippen molar-refractivity contribution in [1.82, 2.24) is 0 Å². The molecular formula is C29H40O9. The number of hydrogen-bond acceptors (Lipinski definition) is 9. The third-order valence-electron chi connectivity index (χ3n) is 9.92. The zero-order valence-corrected chi connectivity index (χ0v) is 23.3. The van der Waals surface area contributed by atoms with E-state index in [4.69, 9.17) is 18.9 Å². The topological polar surface area (TPSA) is 122 Å². The Morgan fingerprint density at radius 1 is 0.895 bits per heavy atom. The first kappa shape index (κ1) is 28.3. The molecule has 3 fully saturated rings. The maximum atomic E-state index is 13.7. The fourth-order valence-electron chi connectivity index (χ4n) is 8.58. The van der Waals surface area contributed by atoms with E-state index < -0.39 is 47.4 Å². The van der Waals surface area contributed by atoms with E-state index in [9.17, 15) is 24.0 Å². The lowest BCUT2D eigenvalue weighted by atomic mass is 9.45.